The third-order valence-corrected chi connectivity index (χ3v) is 2.84. The molecule has 1 aliphatic heterocycles. The van der Waals surface area contributed by atoms with Gasteiger partial charge in [0.1, 0.15) is 5.82 Å². The third-order valence-electron chi connectivity index (χ3n) is 2.84. The summed E-state index contributed by atoms with van der Waals surface area (Å²) < 4.78 is 0. The Hall–Kier alpha value is -1.52. The molecule has 1 aliphatic rings. The van der Waals surface area contributed by atoms with Crippen LogP contribution in [-0.2, 0) is 0 Å². The second-order valence-corrected chi connectivity index (χ2v) is 5.01. The van der Waals surface area contributed by atoms with Crippen molar-refractivity contribution in [1.29, 1.82) is 0 Å². The van der Waals surface area contributed by atoms with Crippen LogP contribution in [0, 0.1) is 5.41 Å². The molecule has 1 unspecified atom stereocenters. The molecule has 0 aliphatic carbocycles. The van der Waals surface area contributed by atoms with Gasteiger partial charge in [-0.05, 0) is 5.41 Å². The fraction of sp³-hybridized carbons (Fsp3) is 0.600. The van der Waals surface area contributed by atoms with Gasteiger partial charge in [0.2, 0.25) is 5.95 Å². The van der Waals surface area contributed by atoms with Gasteiger partial charge in [0.25, 0.3) is 5.56 Å². The van der Waals surface area contributed by atoms with Crippen molar-refractivity contribution in [3.63, 3.8) is 0 Å². The molecule has 82 valence electrons. The number of aromatic amines is 1. The molecule has 1 atom stereocenters. The number of rotatable bonds is 0. The minimum atomic E-state index is -0.123. The van der Waals surface area contributed by atoms with Crippen LogP contribution in [0.3, 0.4) is 0 Å². The molecule has 0 saturated heterocycles. The monoisotopic (exact) mass is 208 g/mol. The first-order valence-corrected chi connectivity index (χ1v) is 5.03. The molecule has 0 fully saturated rings. The molecule has 15 heavy (non-hydrogen) atoms. The van der Waals surface area contributed by atoms with Crippen molar-refractivity contribution in [3.8, 4) is 0 Å². The lowest BCUT2D eigenvalue weighted by molar-refractivity contribution is 0.337. The minimum absolute atomic E-state index is 0.0447. The average molecular weight is 208 g/mol. The summed E-state index contributed by atoms with van der Waals surface area (Å²) in [6.45, 7) is 7.09. The summed E-state index contributed by atoms with van der Waals surface area (Å²) in [6.07, 6.45) is 0. The Morgan fingerprint density at radius 1 is 1.47 bits per heavy atom. The van der Waals surface area contributed by atoms with E-state index in [4.69, 9.17) is 5.73 Å². The van der Waals surface area contributed by atoms with Crippen molar-refractivity contribution in [1.82, 2.24) is 9.97 Å². The zero-order valence-electron chi connectivity index (χ0n) is 9.22. The lowest BCUT2D eigenvalue weighted by atomic mass is 9.78. The lowest BCUT2D eigenvalue weighted by Gasteiger charge is -2.25. The molecule has 5 nitrogen and oxygen atoms in total. The molecule has 2 rings (SSSR count). The van der Waals surface area contributed by atoms with E-state index in [0.29, 0.717) is 5.82 Å². The molecule has 4 N–H and O–H groups in total. The van der Waals surface area contributed by atoms with Crippen LogP contribution in [0.1, 0.15) is 32.3 Å². The maximum absolute atomic E-state index is 11.8. The number of aromatic nitrogens is 2. The van der Waals surface area contributed by atoms with Crippen LogP contribution in [-0.4, -0.2) is 16.5 Å². The smallest absolute Gasteiger partial charge is 0.257 e. The van der Waals surface area contributed by atoms with E-state index in [2.05, 4.69) is 36.1 Å². The molecule has 1 aromatic heterocycles. The van der Waals surface area contributed by atoms with E-state index >= 15 is 0 Å². The zero-order chi connectivity index (χ0) is 11.2. The first-order chi connectivity index (χ1) is 6.89. The number of anilines is 2. The van der Waals surface area contributed by atoms with Crippen LogP contribution in [0.2, 0.25) is 0 Å². The van der Waals surface area contributed by atoms with Crippen molar-refractivity contribution in [2.75, 3.05) is 17.6 Å². The van der Waals surface area contributed by atoms with Gasteiger partial charge in [0.05, 0.1) is 5.56 Å². The van der Waals surface area contributed by atoms with Gasteiger partial charge in [0.15, 0.2) is 0 Å². The van der Waals surface area contributed by atoms with E-state index in [1.807, 2.05) is 0 Å². The van der Waals surface area contributed by atoms with Crippen LogP contribution in [0.15, 0.2) is 4.79 Å². The Morgan fingerprint density at radius 3 is 2.73 bits per heavy atom. The maximum Gasteiger partial charge on any atom is 0.257 e. The van der Waals surface area contributed by atoms with Crippen LogP contribution in [0.5, 0.6) is 0 Å². The van der Waals surface area contributed by atoms with Gasteiger partial charge >= 0.3 is 0 Å². The summed E-state index contributed by atoms with van der Waals surface area (Å²) in [5.41, 5.74) is 6.13. The summed E-state index contributed by atoms with van der Waals surface area (Å²) in [4.78, 5) is 18.4. The fourth-order valence-electron chi connectivity index (χ4n) is 2.00. The highest BCUT2D eigenvalue weighted by molar-refractivity contribution is 5.53. The van der Waals surface area contributed by atoms with Crippen LogP contribution >= 0.6 is 0 Å². The Labute approximate surface area is 88.1 Å². The first-order valence-electron chi connectivity index (χ1n) is 5.03. The highest BCUT2D eigenvalue weighted by Crippen LogP contribution is 2.39. The third kappa shape index (κ3) is 1.58. The standard InChI is InChI=1S/C10H16N4O/c1-10(2,3)5-4-12-7-6(5)8(15)14-9(11)13-7/h5H,4H2,1-3H3,(H4,11,12,13,14,15). The number of nitrogens with two attached hydrogens (primary N) is 1. The van der Waals surface area contributed by atoms with Gasteiger partial charge in [-0.2, -0.15) is 4.98 Å². The number of hydrogen-bond donors (Lipinski definition) is 3. The van der Waals surface area contributed by atoms with E-state index in [-0.39, 0.29) is 22.8 Å². The second kappa shape index (κ2) is 2.98. The van der Waals surface area contributed by atoms with E-state index in [9.17, 15) is 4.79 Å². The van der Waals surface area contributed by atoms with Crippen molar-refractivity contribution < 1.29 is 0 Å². The highest BCUT2D eigenvalue weighted by atomic mass is 16.1. The molecule has 0 aromatic carbocycles. The number of nitrogens with one attached hydrogen (secondary N) is 2. The molecule has 1 aromatic rings. The van der Waals surface area contributed by atoms with Gasteiger partial charge in [-0.25, -0.2) is 0 Å². The highest BCUT2D eigenvalue weighted by Gasteiger charge is 2.35. The normalized spacial score (nSPS) is 19.8. The Balaban J connectivity index is 2.57. The molecule has 0 bridgehead atoms. The van der Waals surface area contributed by atoms with Crippen LogP contribution < -0.4 is 16.6 Å². The summed E-state index contributed by atoms with van der Waals surface area (Å²) in [5, 5.41) is 3.13. The van der Waals surface area contributed by atoms with Crippen LogP contribution in [0.4, 0.5) is 11.8 Å². The van der Waals surface area contributed by atoms with E-state index in [0.717, 1.165) is 12.1 Å². The lowest BCUT2D eigenvalue weighted by Crippen LogP contribution is -2.25. The van der Waals surface area contributed by atoms with Gasteiger partial charge in [-0.1, -0.05) is 20.8 Å². The largest absolute Gasteiger partial charge is 0.369 e. The molecule has 2 heterocycles. The van der Waals surface area contributed by atoms with Crippen molar-refractivity contribution >= 4 is 11.8 Å². The first kappa shape index (κ1) is 10.0. The van der Waals surface area contributed by atoms with Crippen LogP contribution in [0.25, 0.3) is 0 Å². The number of fused-ring (bicyclic) bond motifs is 1. The molecule has 0 amide bonds. The van der Waals surface area contributed by atoms with Gasteiger partial charge in [0, 0.05) is 12.5 Å². The average Bonchev–Trinajstić information content (AvgIpc) is 2.45. The number of hydrogen-bond acceptors (Lipinski definition) is 4. The molecule has 5 heteroatoms. The summed E-state index contributed by atoms with van der Waals surface area (Å²) in [5.74, 6) is 0.987. The summed E-state index contributed by atoms with van der Waals surface area (Å²) >= 11 is 0. The Kier molecular flexibility index (Phi) is 1.99. The molecular formula is C10H16N4O. The van der Waals surface area contributed by atoms with Crippen molar-refractivity contribution in [2.45, 2.75) is 26.7 Å². The van der Waals surface area contributed by atoms with Gasteiger partial charge < -0.3 is 11.1 Å². The quantitative estimate of drug-likeness (QED) is 0.591. The number of nitrogens with zero attached hydrogens (tertiary/aromatic N) is 1. The predicted octanol–water partition coefficient (Wildman–Crippen LogP) is 0.907. The summed E-state index contributed by atoms with van der Waals surface area (Å²) in [6, 6.07) is 0. The number of H-pyrrole nitrogens is 1. The van der Waals surface area contributed by atoms with E-state index < -0.39 is 0 Å². The molecular weight excluding hydrogens is 192 g/mol. The van der Waals surface area contributed by atoms with Crippen molar-refractivity contribution in [3.05, 3.63) is 15.9 Å². The van der Waals surface area contributed by atoms with E-state index in [1.54, 1.807) is 0 Å². The second-order valence-electron chi connectivity index (χ2n) is 5.01. The maximum atomic E-state index is 11.8. The Morgan fingerprint density at radius 2 is 2.13 bits per heavy atom. The fourth-order valence-corrected chi connectivity index (χ4v) is 2.00. The Bertz CT molecular complexity index is 444. The van der Waals surface area contributed by atoms with Gasteiger partial charge in [-0.3, -0.25) is 9.78 Å². The zero-order valence-corrected chi connectivity index (χ0v) is 9.22. The number of nitrogen functional groups attached to an aromatic ring is 1. The molecule has 0 spiro atoms. The minimum Gasteiger partial charge on any atom is -0.369 e. The van der Waals surface area contributed by atoms with Crippen molar-refractivity contribution in [2.24, 2.45) is 5.41 Å². The molecule has 0 radical (unpaired) electrons. The molecule has 0 saturated carbocycles. The summed E-state index contributed by atoms with van der Waals surface area (Å²) in [7, 11) is 0. The SMILES string of the molecule is CC(C)(C)C1CNc2nc(N)[nH]c(=O)c21. The topological polar surface area (TPSA) is 83.8 Å². The van der Waals surface area contributed by atoms with E-state index in [1.165, 1.54) is 0 Å². The van der Waals surface area contributed by atoms with Gasteiger partial charge in [-0.15, -0.1) is 0 Å². The predicted molar refractivity (Wildman–Crippen MR) is 60.0 cm³/mol.